The first-order valence-corrected chi connectivity index (χ1v) is 7.40. The van der Waals surface area contributed by atoms with Gasteiger partial charge in [-0.25, -0.2) is 0 Å². The summed E-state index contributed by atoms with van der Waals surface area (Å²) < 4.78 is 0. The zero-order valence-electron chi connectivity index (χ0n) is 11.8. The molecule has 0 spiro atoms. The van der Waals surface area contributed by atoms with Gasteiger partial charge in [0.2, 0.25) is 0 Å². The number of rotatable bonds is 6. The van der Waals surface area contributed by atoms with E-state index < -0.39 is 0 Å². The summed E-state index contributed by atoms with van der Waals surface area (Å²) in [5.41, 5.74) is 2.78. The lowest BCUT2D eigenvalue weighted by molar-refractivity contribution is 0.484. The van der Waals surface area contributed by atoms with Gasteiger partial charge in [0.05, 0.1) is 0 Å². The Hall–Kier alpha value is -1.02. The number of anilines is 1. The van der Waals surface area contributed by atoms with Gasteiger partial charge in [0.25, 0.3) is 0 Å². The van der Waals surface area contributed by atoms with Crippen LogP contribution in [0.1, 0.15) is 45.1 Å². The van der Waals surface area contributed by atoms with E-state index in [-0.39, 0.29) is 0 Å². The van der Waals surface area contributed by atoms with Gasteiger partial charge in [-0.15, -0.1) is 0 Å². The average Bonchev–Trinajstić information content (AvgIpc) is 2.94. The molecule has 0 amide bonds. The van der Waals surface area contributed by atoms with Gasteiger partial charge in [-0.3, -0.25) is 0 Å². The molecule has 1 saturated heterocycles. The molecule has 1 aliphatic rings. The van der Waals surface area contributed by atoms with Crippen LogP contribution in [0.25, 0.3) is 0 Å². The van der Waals surface area contributed by atoms with Crippen LogP contribution < -0.4 is 10.2 Å². The van der Waals surface area contributed by atoms with Crippen LogP contribution in [0.3, 0.4) is 0 Å². The van der Waals surface area contributed by atoms with Crippen LogP contribution in [0, 0.1) is 0 Å². The molecule has 1 heterocycles. The second kappa shape index (κ2) is 6.79. The number of nitrogens with zero attached hydrogens (tertiary/aromatic N) is 1. The number of hydrogen-bond acceptors (Lipinski definition) is 2. The molecular formula is C16H26N2. The van der Waals surface area contributed by atoms with Crippen molar-refractivity contribution in [3.63, 3.8) is 0 Å². The third kappa shape index (κ3) is 3.49. The van der Waals surface area contributed by atoms with E-state index in [1.54, 1.807) is 0 Å². The lowest BCUT2D eigenvalue weighted by Gasteiger charge is -2.18. The van der Waals surface area contributed by atoms with E-state index in [4.69, 9.17) is 0 Å². The highest BCUT2D eigenvalue weighted by molar-refractivity contribution is 5.48. The number of benzene rings is 1. The summed E-state index contributed by atoms with van der Waals surface area (Å²) in [6, 6.07) is 9.74. The average molecular weight is 246 g/mol. The third-order valence-corrected chi connectivity index (χ3v) is 3.99. The van der Waals surface area contributed by atoms with Gasteiger partial charge in [0.15, 0.2) is 0 Å². The first-order chi connectivity index (χ1) is 8.83. The normalized spacial score (nSPS) is 15.6. The minimum absolute atomic E-state index is 0.656. The van der Waals surface area contributed by atoms with Crippen molar-refractivity contribution in [1.82, 2.24) is 5.32 Å². The molecule has 1 N–H and O–H groups in total. The first kappa shape index (κ1) is 13.4. The molecule has 0 atom stereocenters. The van der Waals surface area contributed by atoms with E-state index in [1.165, 1.54) is 50.0 Å². The van der Waals surface area contributed by atoms with Crippen molar-refractivity contribution in [2.75, 3.05) is 18.0 Å². The predicted octanol–water partition coefficient (Wildman–Crippen LogP) is 3.57. The molecule has 18 heavy (non-hydrogen) atoms. The number of hydrogen-bond donors (Lipinski definition) is 1. The highest BCUT2D eigenvalue weighted by Gasteiger charge is 2.11. The largest absolute Gasteiger partial charge is 0.372 e. The van der Waals surface area contributed by atoms with Crippen LogP contribution in [0.2, 0.25) is 0 Å². The minimum Gasteiger partial charge on any atom is -0.372 e. The van der Waals surface area contributed by atoms with Crippen LogP contribution in [0.15, 0.2) is 24.3 Å². The fourth-order valence-corrected chi connectivity index (χ4v) is 2.64. The zero-order valence-corrected chi connectivity index (χ0v) is 11.8. The Kier molecular flexibility index (Phi) is 5.06. The maximum absolute atomic E-state index is 3.61. The van der Waals surface area contributed by atoms with Gasteiger partial charge in [0.1, 0.15) is 0 Å². The Morgan fingerprint density at radius 1 is 1.06 bits per heavy atom. The highest BCUT2D eigenvalue weighted by Crippen LogP contribution is 2.20. The molecule has 1 aliphatic heterocycles. The molecule has 2 heteroatoms. The molecule has 2 rings (SSSR count). The number of nitrogens with one attached hydrogen (secondary N) is 1. The summed E-state index contributed by atoms with van der Waals surface area (Å²) in [6.07, 6.45) is 5.11. The van der Waals surface area contributed by atoms with Gasteiger partial charge in [-0.1, -0.05) is 26.0 Å². The lowest BCUT2D eigenvalue weighted by Crippen LogP contribution is -2.27. The quantitative estimate of drug-likeness (QED) is 0.825. The Labute approximate surface area is 111 Å². The summed E-state index contributed by atoms with van der Waals surface area (Å²) in [6.45, 7) is 7.94. The summed E-state index contributed by atoms with van der Waals surface area (Å²) in [5, 5.41) is 3.61. The molecule has 1 fully saturated rings. The van der Waals surface area contributed by atoms with Crippen LogP contribution in [-0.4, -0.2) is 19.1 Å². The van der Waals surface area contributed by atoms with Crippen molar-refractivity contribution in [3.05, 3.63) is 29.8 Å². The maximum Gasteiger partial charge on any atom is 0.0366 e. The highest BCUT2D eigenvalue weighted by atomic mass is 15.1. The summed E-state index contributed by atoms with van der Waals surface area (Å²) in [7, 11) is 0. The minimum atomic E-state index is 0.656. The van der Waals surface area contributed by atoms with Gasteiger partial charge in [0, 0.05) is 31.4 Å². The van der Waals surface area contributed by atoms with Crippen LogP contribution in [0.4, 0.5) is 5.69 Å². The smallest absolute Gasteiger partial charge is 0.0366 e. The fraction of sp³-hybridized carbons (Fsp3) is 0.625. The Balaban J connectivity index is 1.87. The van der Waals surface area contributed by atoms with Crippen molar-refractivity contribution < 1.29 is 0 Å². The van der Waals surface area contributed by atoms with Crippen molar-refractivity contribution in [1.29, 1.82) is 0 Å². The second-order valence-electron chi connectivity index (χ2n) is 5.25. The summed E-state index contributed by atoms with van der Waals surface area (Å²) in [5.74, 6) is 0. The molecule has 0 saturated carbocycles. The van der Waals surface area contributed by atoms with Gasteiger partial charge in [-0.2, -0.15) is 0 Å². The molecule has 0 unspecified atom stereocenters. The summed E-state index contributed by atoms with van der Waals surface area (Å²) >= 11 is 0. The standard InChI is InChI=1S/C16H26N2/c1-3-15(4-2)17-13-14-7-9-16(10-8-14)18-11-5-6-12-18/h7-10,15,17H,3-6,11-13H2,1-2H3. The predicted molar refractivity (Wildman–Crippen MR) is 79.1 cm³/mol. The second-order valence-corrected chi connectivity index (χ2v) is 5.25. The Morgan fingerprint density at radius 2 is 1.67 bits per heavy atom. The van der Waals surface area contributed by atoms with Gasteiger partial charge >= 0.3 is 0 Å². The van der Waals surface area contributed by atoms with Crippen molar-refractivity contribution in [3.8, 4) is 0 Å². The molecule has 0 aliphatic carbocycles. The molecule has 2 nitrogen and oxygen atoms in total. The molecule has 1 aromatic carbocycles. The fourth-order valence-electron chi connectivity index (χ4n) is 2.64. The lowest BCUT2D eigenvalue weighted by atomic mass is 10.1. The van der Waals surface area contributed by atoms with Crippen molar-refractivity contribution in [2.45, 2.75) is 52.1 Å². The van der Waals surface area contributed by atoms with E-state index in [2.05, 4.69) is 48.3 Å². The third-order valence-electron chi connectivity index (χ3n) is 3.99. The Bertz CT molecular complexity index is 335. The van der Waals surface area contributed by atoms with Crippen LogP contribution in [0.5, 0.6) is 0 Å². The monoisotopic (exact) mass is 246 g/mol. The maximum atomic E-state index is 3.61. The molecule has 100 valence electrons. The SMILES string of the molecule is CCC(CC)NCc1ccc(N2CCCC2)cc1. The van der Waals surface area contributed by atoms with Crippen LogP contribution >= 0.6 is 0 Å². The van der Waals surface area contributed by atoms with Crippen LogP contribution in [-0.2, 0) is 6.54 Å². The molecular weight excluding hydrogens is 220 g/mol. The van der Waals surface area contributed by atoms with Crippen molar-refractivity contribution in [2.24, 2.45) is 0 Å². The molecule has 0 aromatic heterocycles. The molecule has 0 bridgehead atoms. The Morgan fingerprint density at radius 3 is 2.22 bits per heavy atom. The molecule has 1 aromatic rings. The topological polar surface area (TPSA) is 15.3 Å². The van der Waals surface area contributed by atoms with E-state index in [0.717, 1.165) is 6.54 Å². The van der Waals surface area contributed by atoms with Gasteiger partial charge < -0.3 is 10.2 Å². The van der Waals surface area contributed by atoms with E-state index >= 15 is 0 Å². The first-order valence-electron chi connectivity index (χ1n) is 7.40. The molecule has 0 radical (unpaired) electrons. The van der Waals surface area contributed by atoms with Crippen molar-refractivity contribution >= 4 is 5.69 Å². The van der Waals surface area contributed by atoms with E-state index in [0.29, 0.717) is 6.04 Å². The van der Waals surface area contributed by atoms with E-state index in [9.17, 15) is 0 Å². The van der Waals surface area contributed by atoms with Gasteiger partial charge in [-0.05, 0) is 43.4 Å². The zero-order chi connectivity index (χ0) is 12.8. The van der Waals surface area contributed by atoms with E-state index in [1.807, 2.05) is 0 Å². The summed E-state index contributed by atoms with van der Waals surface area (Å²) in [4.78, 5) is 2.48.